The number of methoxy groups -OCH3 is 2. The second-order valence-electron chi connectivity index (χ2n) is 2.60. The van der Waals surface area contributed by atoms with Gasteiger partial charge < -0.3 is 14.8 Å². The summed E-state index contributed by atoms with van der Waals surface area (Å²) in [6, 6.07) is 0. The molecule has 4 heteroatoms. The van der Waals surface area contributed by atoms with Crippen molar-refractivity contribution >= 4 is 5.97 Å². The molecule has 1 fully saturated rings. The Hall–Kier alpha value is -1.03. The van der Waals surface area contributed by atoms with Crippen molar-refractivity contribution < 1.29 is 14.3 Å². The first kappa shape index (κ1) is 9.06. The lowest BCUT2D eigenvalue weighted by molar-refractivity contribution is -0.134. The number of nitrogens with one attached hydrogen (secondary N) is 1. The molecule has 68 valence electrons. The van der Waals surface area contributed by atoms with Gasteiger partial charge in [0.2, 0.25) is 0 Å². The van der Waals surface area contributed by atoms with Crippen molar-refractivity contribution in [3.63, 3.8) is 0 Å². The molecule has 1 saturated heterocycles. The van der Waals surface area contributed by atoms with Crippen LogP contribution in [0, 0.1) is 0 Å². The van der Waals surface area contributed by atoms with Crippen LogP contribution in [-0.4, -0.2) is 26.4 Å². The lowest BCUT2D eigenvalue weighted by Crippen LogP contribution is -2.22. The van der Waals surface area contributed by atoms with Crippen LogP contribution in [0.3, 0.4) is 0 Å². The molecule has 0 bridgehead atoms. The van der Waals surface area contributed by atoms with Crippen LogP contribution >= 0.6 is 0 Å². The Kier molecular flexibility index (Phi) is 3.10. The Bertz CT molecular complexity index is 200. The highest BCUT2D eigenvalue weighted by Crippen LogP contribution is 2.15. The van der Waals surface area contributed by atoms with E-state index in [0.29, 0.717) is 0 Å². The van der Waals surface area contributed by atoms with Crippen molar-refractivity contribution in [2.24, 2.45) is 0 Å². The normalized spacial score (nSPS) is 25.5. The van der Waals surface area contributed by atoms with E-state index in [0.717, 1.165) is 18.5 Å². The molecule has 1 rings (SSSR count). The maximum absolute atomic E-state index is 10.8. The van der Waals surface area contributed by atoms with Gasteiger partial charge >= 0.3 is 5.97 Å². The van der Waals surface area contributed by atoms with Crippen LogP contribution in [0.5, 0.6) is 0 Å². The fourth-order valence-electron chi connectivity index (χ4n) is 1.13. The summed E-state index contributed by atoms with van der Waals surface area (Å²) in [5.41, 5.74) is 0.883. The first-order valence-electron chi connectivity index (χ1n) is 3.84. The Morgan fingerprint density at radius 1 is 1.67 bits per heavy atom. The summed E-state index contributed by atoms with van der Waals surface area (Å²) in [6.07, 6.45) is 3.24. The number of allylic oxidation sites excluding steroid dienone is 1. The zero-order chi connectivity index (χ0) is 8.97. The van der Waals surface area contributed by atoms with Gasteiger partial charge in [0.25, 0.3) is 0 Å². The number of hydrogen-bond acceptors (Lipinski definition) is 4. The Balaban J connectivity index is 2.45. The number of carbonyl (C=O) groups is 1. The number of ether oxygens (including phenoxy) is 2. The third kappa shape index (κ3) is 2.23. The molecule has 0 aromatic carbocycles. The Morgan fingerprint density at radius 2 is 2.42 bits per heavy atom. The predicted octanol–water partition coefficient (Wildman–Crippen LogP) is 0.399. The summed E-state index contributed by atoms with van der Waals surface area (Å²) < 4.78 is 9.54. The van der Waals surface area contributed by atoms with Crippen molar-refractivity contribution in [3.05, 3.63) is 11.8 Å². The predicted molar refractivity (Wildman–Crippen MR) is 43.3 cm³/mol. The fourth-order valence-corrected chi connectivity index (χ4v) is 1.13. The Morgan fingerprint density at radius 3 is 2.92 bits per heavy atom. The molecule has 1 unspecified atom stereocenters. The minimum Gasteiger partial charge on any atom is -0.466 e. The van der Waals surface area contributed by atoms with Crippen molar-refractivity contribution in [2.45, 2.75) is 19.1 Å². The van der Waals surface area contributed by atoms with Crippen LogP contribution in [0.1, 0.15) is 12.8 Å². The number of rotatable bonds is 2. The van der Waals surface area contributed by atoms with Gasteiger partial charge in [-0.3, -0.25) is 0 Å². The summed E-state index contributed by atoms with van der Waals surface area (Å²) in [4.78, 5) is 10.8. The molecule has 0 spiro atoms. The molecule has 0 amide bonds. The molecule has 1 N–H and O–H groups in total. The quantitative estimate of drug-likeness (QED) is 0.482. The average Bonchev–Trinajstić information content (AvgIpc) is 2.52. The van der Waals surface area contributed by atoms with E-state index in [1.54, 1.807) is 7.11 Å². The van der Waals surface area contributed by atoms with Crippen molar-refractivity contribution in [2.75, 3.05) is 14.2 Å². The van der Waals surface area contributed by atoms with E-state index in [9.17, 15) is 4.79 Å². The van der Waals surface area contributed by atoms with Crippen LogP contribution in [0.4, 0.5) is 0 Å². The maximum atomic E-state index is 10.8. The summed E-state index contributed by atoms with van der Waals surface area (Å²) in [5, 5.41) is 3.04. The largest absolute Gasteiger partial charge is 0.466 e. The molecule has 1 atom stereocenters. The molecule has 1 aliphatic heterocycles. The SMILES string of the molecule is COC(=O)/C=C1\CCC(OC)N1. The minimum absolute atomic E-state index is 0.0425. The zero-order valence-electron chi connectivity index (χ0n) is 7.29. The number of hydrogen-bond donors (Lipinski definition) is 1. The Labute approximate surface area is 71.5 Å². The minimum atomic E-state index is -0.325. The topological polar surface area (TPSA) is 47.6 Å². The molecule has 12 heavy (non-hydrogen) atoms. The van der Waals surface area contributed by atoms with E-state index >= 15 is 0 Å². The summed E-state index contributed by atoms with van der Waals surface area (Å²) in [6.45, 7) is 0. The molecule has 1 heterocycles. The second-order valence-corrected chi connectivity index (χ2v) is 2.60. The smallest absolute Gasteiger partial charge is 0.332 e. The molecule has 4 nitrogen and oxygen atoms in total. The lowest BCUT2D eigenvalue weighted by atomic mass is 10.3. The highest BCUT2D eigenvalue weighted by Gasteiger charge is 2.17. The van der Waals surface area contributed by atoms with Gasteiger partial charge in [-0.15, -0.1) is 0 Å². The summed E-state index contributed by atoms with van der Waals surface area (Å²) in [7, 11) is 3.00. The van der Waals surface area contributed by atoms with E-state index in [4.69, 9.17) is 4.74 Å². The molecule has 0 saturated carbocycles. The second kappa shape index (κ2) is 4.11. The van der Waals surface area contributed by atoms with Crippen LogP contribution in [0.15, 0.2) is 11.8 Å². The number of carbonyl (C=O) groups excluding carboxylic acids is 1. The number of esters is 1. The molecular weight excluding hydrogens is 158 g/mol. The molecule has 0 aliphatic carbocycles. The third-order valence-corrected chi connectivity index (χ3v) is 1.80. The molecule has 1 aliphatic rings. The van der Waals surface area contributed by atoms with Crippen LogP contribution in [0.2, 0.25) is 0 Å². The molecule has 0 radical (unpaired) electrons. The van der Waals surface area contributed by atoms with E-state index < -0.39 is 0 Å². The van der Waals surface area contributed by atoms with Gasteiger partial charge in [0.15, 0.2) is 0 Å². The van der Waals surface area contributed by atoms with Gasteiger partial charge in [-0.25, -0.2) is 4.79 Å². The maximum Gasteiger partial charge on any atom is 0.332 e. The van der Waals surface area contributed by atoms with E-state index in [1.807, 2.05) is 0 Å². The van der Waals surface area contributed by atoms with Gasteiger partial charge in [-0.05, 0) is 12.8 Å². The van der Waals surface area contributed by atoms with Crippen LogP contribution < -0.4 is 5.32 Å². The van der Waals surface area contributed by atoms with Gasteiger partial charge in [0.05, 0.1) is 7.11 Å². The van der Waals surface area contributed by atoms with Gasteiger partial charge in [0, 0.05) is 18.9 Å². The molecular formula is C8H13NO3. The van der Waals surface area contributed by atoms with E-state index in [1.165, 1.54) is 13.2 Å². The molecule has 0 aromatic heterocycles. The van der Waals surface area contributed by atoms with Crippen molar-refractivity contribution in [3.8, 4) is 0 Å². The highest BCUT2D eigenvalue weighted by atomic mass is 16.5. The van der Waals surface area contributed by atoms with Crippen LogP contribution in [-0.2, 0) is 14.3 Å². The van der Waals surface area contributed by atoms with Crippen molar-refractivity contribution in [1.29, 1.82) is 0 Å². The third-order valence-electron chi connectivity index (χ3n) is 1.80. The fraction of sp³-hybridized carbons (Fsp3) is 0.625. The standard InChI is InChI=1S/C8H13NO3/c1-11-7-4-3-6(9-7)5-8(10)12-2/h5,7,9H,3-4H2,1-2H3/b6-5+. The summed E-state index contributed by atoms with van der Waals surface area (Å²) in [5.74, 6) is -0.325. The van der Waals surface area contributed by atoms with Gasteiger partial charge in [0.1, 0.15) is 6.23 Å². The summed E-state index contributed by atoms with van der Waals surface area (Å²) >= 11 is 0. The van der Waals surface area contributed by atoms with Gasteiger partial charge in [-0.1, -0.05) is 0 Å². The van der Waals surface area contributed by atoms with Crippen molar-refractivity contribution in [1.82, 2.24) is 5.32 Å². The first-order valence-corrected chi connectivity index (χ1v) is 3.84. The lowest BCUT2D eigenvalue weighted by Gasteiger charge is -2.07. The molecule has 0 aromatic rings. The zero-order valence-corrected chi connectivity index (χ0v) is 7.29. The highest BCUT2D eigenvalue weighted by molar-refractivity contribution is 5.82. The average molecular weight is 171 g/mol. The van der Waals surface area contributed by atoms with Crippen LogP contribution in [0.25, 0.3) is 0 Å². The van der Waals surface area contributed by atoms with Gasteiger partial charge in [-0.2, -0.15) is 0 Å². The van der Waals surface area contributed by atoms with E-state index in [-0.39, 0.29) is 12.2 Å². The first-order chi connectivity index (χ1) is 5.76. The van der Waals surface area contributed by atoms with E-state index in [2.05, 4.69) is 10.1 Å². The monoisotopic (exact) mass is 171 g/mol.